The number of rotatable bonds is 6. The van der Waals surface area contributed by atoms with E-state index < -0.39 is 11.8 Å². The first-order chi connectivity index (χ1) is 15.4. The van der Waals surface area contributed by atoms with Crippen molar-refractivity contribution < 1.29 is 14.3 Å². The van der Waals surface area contributed by atoms with Crippen LogP contribution in [0.1, 0.15) is 23.6 Å². The Morgan fingerprint density at radius 2 is 1.66 bits per heavy atom. The summed E-state index contributed by atoms with van der Waals surface area (Å²) < 4.78 is 5.70. The van der Waals surface area contributed by atoms with Crippen LogP contribution in [0.15, 0.2) is 72.4 Å². The summed E-state index contributed by atoms with van der Waals surface area (Å²) in [4.78, 5) is 28.4. The number of amides is 2. The number of ether oxygens (including phenoxy) is 1. The predicted octanol–water partition coefficient (Wildman–Crippen LogP) is 5.75. The van der Waals surface area contributed by atoms with Gasteiger partial charge in [0.15, 0.2) is 0 Å². The van der Waals surface area contributed by atoms with Crippen molar-refractivity contribution in [3.05, 3.63) is 94.1 Å². The minimum atomic E-state index is -0.442. The first-order valence-electron chi connectivity index (χ1n) is 10.4. The molecule has 2 amide bonds. The van der Waals surface area contributed by atoms with E-state index in [4.69, 9.17) is 16.3 Å². The van der Waals surface area contributed by atoms with Crippen molar-refractivity contribution in [2.24, 2.45) is 0 Å². The van der Waals surface area contributed by atoms with Crippen LogP contribution in [0.2, 0.25) is 5.02 Å². The van der Waals surface area contributed by atoms with Gasteiger partial charge in [-0.15, -0.1) is 0 Å². The van der Waals surface area contributed by atoms with E-state index in [0.29, 0.717) is 39.9 Å². The highest BCUT2D eigenvalue weighted by Crippen LogP contribution is 2.37. The second-order valence-corrected chi connectivity index (χ2v) is 7.98. The lowest BCUT2D eigenvalue weighted by Crippen LogP contribution is -2.33. The van der Waals surface area contributed by atoms with Gasteiger partial charge in [0.2, 0.25) is 0 Å². The van der Waals surface area contributed by atoms with E-state index in [1.54, 1.807) is 18.2 Å². The molecule has 3 aromatic rings. The zero-order valence-corrected chi connectivity index (χ0v) is 18.9. The zero-order valence-electron chi connectivity index (χ0n) is 18.1. The highest BCUT2D eigenvalue weighted by molar-refractivity contribution is 6.46. The number of nitrogens with zero attached hydrogens (tertiary/aromatic N) is 1. The van der Waals surface area contributed by atoms with E-state index in [1.165, 1.54) is 4.90 Å². The summed E-state index contributed by atoms with van der Waals surface area (Å²) in [7, 11) is 0. The lowest BCUT2D eigenvalue weighted by Gasteiger charge is -2.18. The second kappa shape index (κ2) is 8.89. The van der Waals surface area contributed by atoms with Crippen LogP contribution in [0.3, 0.4) is 0 Å². The molecule has 0 saturated heterocycles. The summed E-state index contributed by atoms with van der Waals surface area (Å²) in [6.45, 7) is 6.18. The normalized spacial score (nSPS) is 13.7. The Labute approximate surface area is 192 Å². The summed E-state index contributed by atoms with van der Waals surface area (Å²) in [6.07, 6.45) is 0. The Morgan fingerprint density at radius 1 is 0.938 bits per heavy atom. The van der Waals surface area contributed by atoms with Gasteiger partial charge in [0.1, 0.15) is 11.4 Å². The number of anilines is 2. The largest absolute Gasteiger partial charge is 0.492 e. The Morgan fingerprint density at radius 3 is 2.38 bits per heavy atom. The highest BCUT2D eigenvalue weighted by atomic mass is 35.5. The Kier molecular flexibility index (Phi) is 6.01. The standard InChI is InChI=1S/C26H23ClN2O3/c1-4-32-22-8-6-5-7-20(22)28-24-23(18-12-9-16(2)10-13-18)25(30)29(26(24)31)21-15-19(27)14-11-17(21)3/h5-15,28H,4H2,1-3H3. The van der Waals surface area contributed by atoms with Gasteiger partial charge in [-0.1, -0.05) is 59.6 Å². The predicted molar refractivity (Wildman–Crippen MR) is 128 cm³/mol. The summed E-state index contributed by atoms with van der Waals surface area (Å²) >= 11 is 6.19. The maximum absolute atomic E-state index is 13.6. The molecule has 0 bridgehead atoms. The van der Waals surface area contributed by atoms with Gasteiger partial charge in [0.05, 0.1) is 23.6 Å². The van der Waals surface area contributed by atoms with E-state index in [0.717, 1.165) is 11.1 Å². The molecule has 32 heavy (non-hydrogen) atoms. The van der Waals surface area contributed by atoms with Crippen molar-refractivity contribution in [1.29, 1.82) is 0 Å². The number of hydrogen-bond donors (Lipinski definition) is 1. The van der Waals surface area contributed by atoms with Gasteiger partial charge in [-0.2, -0.15) is 0 Å². The molecule has 1 N–H and O–H groups in total. The van der Waals surface area contributed by atoms with Crippen molar-refractivity contribution in [2.45, 2.75) is 20.8 Å². The van der Waals surface area contributed by atoms with Crippen LogP contribution in [0.25, 0.3) is 5.57 Å². The van der Waals surface area contributed by atoms with Crippen molar-refractivity contribution in [3.63, 3.8) is 0 Å². The van der Waals surface area contributed by atoms with E-state index >= 15 is 0 Å². The molecule has 1 aliphatic heterocycles. The van der Waals surface area contributed by atoms with E-state index in [2.05, 4.69) is 5.32 Å². The third-order valence-corrected chi connectivity index (χ3v) is 5.52. The van der Waals surface area contributed by atoms with Crippen LogP contribution in [0, 0.1) is 13.8 Å². The third kappa shape index (κ3) is 3.99. The molecule has 0 unspecified atom stereocenters. The van der Waals surface area contributed by atoms with Crippen molar-refractivity contribution in [3.8, 4) is 5.75 Å². The Hall–Kier alpha value is -3.57. The summed E-state index contributed by atoms with van der Waals surface area (Å²) in [5.41, 5.74) is 4.07. The van der Waals surface area contributed by atoms with Gasteiger partial charge in [-0.3, -0.25) is 9.59 Å². The molecule has 0 spiro atoms. The topological polar surface area (TPSA) is 58.6 Å². The molecule has 0 aliphatic carbocycles. The third-order valence-electron chi connectivity index (χ3n) is 5.28. The van der Waals surface area contributed by atoms with Crippen LogP contribution in [0.5, 0.6) is 5.75 Å². The van der Waals surface area contributed by atoms with E-state index in [-0.39, 0.29) is 5.70 Å². The maximum Gasteiger partial charge on any atom is 0.282 e. The fourth-order valence-electron chi connectivity index (χ4n) is 3.66. The SMILES string of the molecule is CCOc1ccccc1NC1=C(c2ccc(C)cc2)C(=O)N(c2cc(Cl)ccc2C)C1=O. The van der Waals surface area contributed by atoms with E-state index in [9.17, 15) is 9.59 Å². The monoisotopic (exact) mass is 446 g/mol. The van der Waals surface area contributed by atoms with Gasteiger partial charge >= 0.3 is 0 Å². The molecule has 0 fully saturated rings. The number of carbonyl (C=O) groups excluding carboxylic acids is 2. The summed E-state index contributed by atoms with van der Waals surface area (Å²) in [6, 6.07) is 20.0. The molecular formula is C26H23ClN2O3. The molecule has 6 heteroatoms. The molecule has 3 aromatic carbocycles. The van der Waals surface area contributed by atoms with E-state index in [1.807, 2.05) is 69.3 Å². The molecule has 0 aromatic heterocycles. The summed E-state index contributed by atoms with van der Waals surface area (Å²) in [5.74, 6) is -0.244. The van der Waals surface area contributed by atoms with Crippen molar-refractivity contribution >= 4 is 40.4 Å². The maximum atomic E-state index is 13.6. The molecule has 1 aliphatic rings. The van der Waals surface area contributed by atoms with Crippen molar-refractivity contribution in [2.75, 3.05) is 16.8 Å². The number of halogens is 1. The molecule has 4 rings (SSSR count). The lowest BCUT2D eigenvalue weighted by molar-refractivity contribution is -0.120. The highest BCUT2D eigenvalue weighted by Gasteiger charge is 2.41. The summed E-state index contributed by atoms with van der Waals surface area (Å²) in [5, 5.41) is 3.63. The molecule has 1 heterocycles. The Bertz CT molecular complexity index is 1230. The van der Waals surface area contributed by atoms with Crippen LogP contribution < -0.4 is 15.0 Å². The number of carbonyl (C=O) groups is 2. The fourth-order valence-corrected chi connectivity index (χ4v) is 3.83. The van der Waals surface area contributed by atoms with Gasteiger partial charge in [0, 0.05) is 5.02 Å². The fraction of sp³-hybridized carbons (Fsp3) is 0.154. The number of hydrogen-bond acceptors (Lipinski definition) is 4. The minimum Gasteiger partial charge on any atom is -0.492 e. The van der Waals surface area contributed by atoms with Gasteiger partial charge in [0.25, 0.3) is 11.8 Å². The smallest absolute Gasteiger partial charge is 0.282 e. The minimum absolute atomic E-state index is 0.199. The van der Waals surface area contributed by atoms with Crippen LogP contribution in [-0.2, 0) is 9.59 Å². The van der Waals surface area contributed by atoms with Crippen molar-refractivity contribution in [1.82, 2.24) is 0 Å². The zero-order chi connectivity index (χ0) is 22.8. The number of para-hydroxylation sites is 2. The molecular weight excluding hydrogens is 424 g/mol. The number of imide groups is 1. The average Bonchev–Trinajstić information content (AvgIpc) is 3.01. The lowest BCUT2D eigenvalue weighted by atomic mass is 10.0. The Balaban J connectivity index is 1.85. The van der Waals surface area contributed by atoms with Gasteiger partial charge < -0.3 is 10.1 Å². The average molecular weight is 447 g/mol. The first-order valence-corrected chi connectivity index (χ1v) is 10.7. The van der Waals surface area contributed by atoms with Crippen LogP contribution >= 0.6 is 11.6 Å². The molecule has 0 saturated carbocycles. The van der Waals surface area contributed by atoms with Gasteiger partial charge in [-0.25, -0.2) is 4.90 Å². The number of nitrogens with one attached hydrogen (secondary N) is 1. The molecule has 0 radical (unpaired) electrons. The molecule has 5 nitrogen and oxygen atoms in total. The number of aryl methyl sites for hydroxylation is 2. The van der Waals surface area contributed by atoms with Crippen LogP contribution in [-0.4, -0.2) is 18.4 Å². The van der Waals surface area contributed by atoms with Gasteiger partial charge in [-0.05, 0) is 56.2 Å². The first kappa shape index (κ1) is 21.7. The second-order valence-electron chi connectivity index (χ2n) is 7.55. The quantitative estimate of drug-likeness (QED) is 0.489. The molecule has 0 atom stereocenters. The number of benzene rings is 3. The molecule has 162 valence electrons. The van der Waals surface area contributed by atoms with Crippen LogP contribution in [0.4, 0.5) is 11.4 Å².